The van der Waals surface area contributed by atoms with Gasteiger partial charge < -0.3 is 20.4 Å². The third-order valence-corrected chi connectivity index (χ3v) is 7.45. The summed E-state index contributed by atoms with van der Waals surface area (Å²) in [5.74, 6) is 1.12. The predicted molar refractivity (Wildman–Crippen MR) is 129 cm³/mol. The Morgan fingerprint density at radius 1 is 0.833 bits per heavy atom. The van der Waals surface area contributed by atoms with Gasteiger partial charge in [0.05, 0.1) is 10.8 Å². The molecule has 1 amide bonds. The number of rotatable bonds is 7. The second-order valence-corrected chi connectivity index (χ2v) is 10.4. The molecule has 3 aromatic carbocycles. The molecule has 8 nitrogen and oxygen atoms in total. The first kappa shape index (κ1) is 27.0. The van der Waals surface area contributed by atoms with Gasteiger partial charge in [-0.05, 0) is 65.4 Å². The first-order chi connectivity index (χ1) is 16.8. The summed E-state index contributed by atoms with van der Waals surface area (Å²) in [6.45, 7) is 4.28. The van der Waals surface area contributed by atoms with Gasteiger partial charge in [0, 0.05) is 0 Å². The summed E-state index contributed by atoms with van der Waals surface area (Å²) in [5, 5.41) is 0. The van der Waals surface area contributed by atoms with E-state index in [0.29, 0.717) is 28.6 Å². The van der Waals surface area contributed by atoms with Crippen LogP contribution in [0.25, 0.3) is 0 Å². The average molecular weight is 536 g/mol. The summed E-state index contributed by atoms with van der Waals surface area (Å²) < 4.78 is 50.0. The van der Waals surface area contributed by atoms with Crippen LogP contribution < -0.4 is 75.1 Å². The minimum Gasteiger partial charge on any atom is -1.00 e. The molecule has 0 aromatic heterocycles. The molecule has 0 saturated carbocycles. The normalized spacial score (nSPS) is 14.3. The third kappa shape index (κ3) is 5.74. The monoisotopic (exact) mass is 535 g/mol. The zero-order valence-corrected chi connectivity index (χ0v) is 24.3. The SMILES string of the molecule is CC(C)c1ccc(S(=O)(=O)NC(=O)C(Cc2ccc3c(c2)OCO3)c2ccc3c(c2)OCO3)cc1.[H-].[K+]. The van der Waals surface area contributed by atoms with Crippen molar-refractivity contribution in [3.8, 4) is 23.0 Å². The van der Waals surface area contributed by atoms with Crippen LogP contribution in [-0.4, -0.2) is 27.9 Å². The molecule has 3 aromatic rings. The zero-order chi connectivity index (χ0) is 24.6. The number of amides is 1. The fourth-order valence-electron chi connectivity index (χ4n) is 4.09. The fourth-order valence-corrected chi connectivity index (χ4v) is 5.11. The van der Waals surface area contributed by atoms with Crippen LogP contribution in [0.1, 0.15) is 43.8 Å². The van der Waals surface area contributed by atoms with Crippen molar-refractivity contribution in [3.05, 3.63) is 77.4 Å². The summed E-state index contributed by atoms with van der Waals surface area (Å²) in [4.78, 5) is 13.5. The van der Waals surface area contributed by atoms with Crippen LogP contribution in [0, 0.1) is 0 Å². The largest absolute Gasteiger partial charge is 1.00 e. The minimum absolute atomic E-state index is 0. The van der Waals surface area contributed by atoms with Gasteiger partial charge in [0.1, 0.15) is 0 Å². The van der Waals surface area contributed by atoms with E-state index in [2.05, 4.69) is 4.72 Å². The molecule has 0 saturated heterocycles. The molecule has 10 heteroatoms. The molecule has 0 radical (unpaired) electrons. The molecule has 5 rings (SSSR count). The van der Waals surface area contributed by atoms with Gasteiger partial charge in [0.15, 0.2) is 23.0 Å². The molecule has 36 heavy (non-hydrogen) atoms. The Morgan fingerprint density at radius 2 is 1.39 bits per heavy atom. The summed E-state index contributed by atoms with van der Waals surface area (Å²) in [5.41, 5.74) is 2.41. The van der Waals surface area contributed by atoms with E-state index in [1.165, 1.54) is 12.1 Å². The second-order valence-electron chi connectivity index (χ2n) is 8.75. The van der Waals surface area contributed by atoms with Crippen LogP contribution in [0.4, 0.5) is 0 Å². The number of ether oxygens (including phenoxy) is 4. The number of hydrogen-bond donors (Lipinski definition) is 1. The summed E-state index contributed by atoms with van der Waals surface area (Å²) in [6, 6.07) is 17.1. The Morgan fingerprint density at radius 3 is 2.03 bits per heavy atom. The number of fused-ring (bicyclic) bond motifs is 2. The van der Waals surface area contributed by atoms with E-state index in [9.17, 15) is 13.2 Å². The Bertz CT molecular complexity index is 1380. The van der Waals surface area contributed by atoms with E-state index in [-0.39, 0.29) is 83.6 Å². The van der Waals surface area contributed by atoms with Crippen LogP contribution >= 0.6 is 0 Å². The van der Waals surface area contributed by atoms with Crippen molar-refractivity contribution in [1.82, 2.24) is 4.72 Å². The van der Waals surface area contributed by atoms with Gasteiger partial charge >= 0.3 is 51.4 Å². The number of carbonyl (C=O) groups is 1. The average Bonchev–Trinajstić information content (AvgIpc) is 3.50. The predicted octanol–water partition coefficient (Wildman–Crippen LogP) is 1.22. The topological polar surface area (TPSA) is 100 Å². The van der Waals surface area contributed by atoms with Crippen molar-refractivity contribution < 1.29 is 85.0 Å². The maximum absolute atomic E-state index is 13.4. The molecule has 0 bridgehead atoms. The number of sulfonamides is 1. The first-order valence-electron chi connectivity index (χ1n) is 11.2. The minimum atomic E-state index is -4.07. The van der Waals surface area contributed by atoms with Crippen LogP contribution in [0.5, 0.6) is 23.0 Å². The van der Waals surface area contributed by atoms with E-state index >= 15 is 0 Å². The van der Waals surface area contributed by atoms with Gasteiger partial charge in [-0.3, -0.25) is 4.79 Å². The van der Waals surface area contributed by atoms with Crippen LogP contribution in [0.2, 0.25) is 0 Å². The van der Waals surface area contributed by atoms with Crippen molar-refractivity contribution in [3.63, 3.8) is 0 Å². The summed E-state index contributed by atoms with van der Waals surface area (Å²) >= 11 is 0. The maximum Gasteiger partial charge on any atom is 1.00 e. The molecular weight excluding hydrogens is 509 g/mol. The van der Waals surface area contributed by atoms with E-state index < -0.39 is 21.8 Å². The van der Waals surface area contributed by atoms with Crippen LogP contribution in [-0.2, 0) is 21.2 Å². The van der Waals surface area contributed by atoms with Gasteiger partial charge in [0.25, 0.3) is 10.0 Å². The molecule has 0 aliphatic carbocycles. The number of benzene rings is 3. The molecule has 1 N–H and O–H groups in total. The number of carbonyl (C=O) groups excluding carboxylic acids is 1. The Labute approximate surface area is 254 Å². The van der Waals surface area contributed by atoms with Gasteiger partial charge in [-0.25, -0.2) is 13.1 Å². The van der Waals surface area contributed by atoms with Crippen molar-refractivity contribution in [2.75, 3.05) is 13.6 Å². The van der Waals surface area contributed by atoms with Gasteiger partial charge in [-0.1, -0.05) is 38.1 Å². The van der Waals surface area contributed by atoms with Gasteiger partial charge in [-0.2, -0.15) is 0 Å². The Kier molecular flexibility index (Phi) is 8.33. The van der Waals surface area contributed by atoms with E-state index in [1.807, 2.05) is 19.9 Å². The molecule has 1 atom stereocenters. The van der Waals surface area contributed by atoms with Crippen molar-refractivity contribution in [2.24, 2.45) is 0 Å². The third-order valence-electron chi connectivity index (χ3n) is 6.08. The second kappa shape index (κ2) is 11.1. The van der Waals surface area contributed by atoms with E-state index in [4.69, 9.17) is 18.9 Å². The summed E-state index contributed by atoms with van der Waals surface area (Å²) in [6.07, 6.45) is 0.240. The van der Waals surface area contributed by atoms with Gasteiger partial charge in [0.2, 0.25) is 19.5 Å². The summed E-state index contributed by atoms with van der Waals surface area (Å²) in [7, 11) is -4.07. The first-order valence-corrected chi connectivity index (χ1v) is 12.7. The Balaban J connectivity index is 0.00000190. The van der Waals surface area contributed by atoms with Gasteiger partial charge in [-0.15, -0.1) is 0 Å². The van der Waals surface area contributed by atoms with E-state index in [0.717, 1.165) is 11.1 Å². The van der Waals surface area contributed by atoms with E-state index in [1.54, 1.807) is 42.5 Å². The molecule has 0 spiro atoms. The molecule has 1 unspecified atom stereocenters. The molecule has 2 aliphatic heterocycles. The van der Waals surface area contributed by atoms with Crippen LogP contribution in [0.15, 0.2) is 65.6 Å². The maximum atomic E-state index is 13.4. The standard InChI is InChI=1S/C26H25NO7S.K.H/c1-16(2)18-4-7-20(8-5-18)35(29,30)27-26(28)21(19-6-10-23-25(13-19)34-15-32-23)11-17-3-9-22-24(12-17)33-14-31-22;;/h3-10,12-13,16,21H,11,14-15H2,1-2H3,(H,27,28);;/q;+1;-1. The zero-order valence-electron chi connectivity index (χ0n) is 21.3. The number of hydrogen-bond acceptors (Lipinski definition) is 7. The molecular formula is C26H26KNO7S. The van der Waals surface area contributed by atoms with Crippen molar-refractivity contribution in [1.29, 1.82) is 0 Å². The van der Waals surface area contributed by atoms with Crippen molar-refractivity contribution in [2.45, 2.75) is 37.0 Å². The number of nitrogens with one attached hydrogen (secondary N) is 1. The Hall–Kier alpha value is -2.08. The smallest absolute Gasteiger partial charge is 1.00 e. The molecule has 0 fully saturated rings. The molecule has 2 aliphatic rings. The fraction of sp³-hybridized carbons (Fsp3) is 0.269. The van der Waals surface area contributed by atoms with Crippen molar-refractivity contribution >= 4 is 15.9 Å². The van der Waals surface area contributed by atoms with Crippen LogP contribution in [0.3, 0.4) is 0 Å². The molecule has 2 heterocycles. The molecule has 184 valence electrons. The quantitative estimate of drug-likeness (QED) is 0.454.